The van der Waals surface area contributed by atoms with Gasteiger partial charge in [0.15, 0.2) is 6.61 Å². The molecule has 0 unspecified atom stereocenters. The highest BCUT2D eigenvalue weighted by molar-refractivity contribution is 6.29. The first kappa shape index (κ1) is 13.6. The maximum atomic E-state index is 11.3. The largest absolute Gasteiger partial charge is 0.484 e. The molecule has 0 aromatic heterocycles. The third-order valence-electron chi connectivity index (χ3n) is 2.18. The second-order valence-corrected chi connectivity index (χ2v) is 4.11. The van der Waals surface area contributed by atoms with Gasteiger partial charge in [0.05, 0.1) is 6.54 Å². The van der Waals surface area contributed by atoms with Crippen LogP contribution in [0.5, 0.6) is 5.75 Å². The lowest BCUT2D eigenvalue weighted by Crippen LogP contribution is -2.29. The minimum atomic E-state index is -0.216. The lowest BCUT2D eigenvalue weighted by atomic mass is 10.2. The van der Waals surface area contributed by atoms with Crippen molar-refractivity contribution < 1.29 is 9.53 Å². The van der Waals surface area contributed by atoms with Crippen molar-refractivity contribution in [3.05, 3.63) is 41.4 Å². The van der Waals surface area contributed by atoms with Gasteiger partial charge in [-0.2, -0.15) is 0 Å². The van der Waals surface area contributed by atoms with Crippen LogP contribution in [-0.4, -0.2) is 19.1 Å². The molecule has 1 aromatic rings. The second-order valence-electron chi connectivity index (χ2n) is 3.58. The van der Waals surface area contributed by atoms with E-state index >= 15 is 0 Å². The van der Waals surface area contributed by atoms with Gasteiger partial charge in [-0.25, -0.2) is 0 Å². The zero-order chi connectivity index (χ0) is 12.7. The number of halogens is 1. The van der Waals surface area contributed by atoms with Crippen molar-refractivity contribution in [2.75, 3.05) is 13.2 Å². The molecule has 1 aromatic carbocycles. The predicted molar refractivity (Wildman–Crippen MR) is 69.3 cm³/mol. The topological polar surface area (TPSA) is 38.3 Å². The van der Waals surface area contributed by atoms with Crippen molar-refractivity contribution in [2.45, 2.75) is 13.3 Å². The summed E-state index contributed by atoms with van der Waals surface area (Å²) >= 11 is 5.52. The van der Waals surface area contributed by atoms with Gasteiger partial charge in [0, 0.05) is 5.03 Å². The molecule has 4 heteroatoms. The molecule has 17 heavy (non-hydrogen) atoms. The highest BCUT2D eigenvalue weighted by Gasteiger charge is 2.02. The number of rotatable bonds is 6. The monoisotopic (exact) mass is 253 g/mol. The van der Waals surface area contributed by atoms with Crippen LogP contribution >= 0.6 is 11.6 Å². The Morgan fingerprint density at radius 2 is 2.06 bits per heavy atom. The molecular formula is C13H16ClNO2. The number of nitrogens with one attached hydrogen (secondary N) is 1. The Hall–Kier alpha value is -1.48. The van der Waals surface area contributed by atoms with Crippen LogP contribution in [0.1, 0.15) is 12.5 Å². The van der Waals surface area contributed by atoms with Crippen LogP contribution < -0.4 is 10.1 Å². The van der Waals surface area contributed by atoms with E-state index in [9.17, 15) is 4.79 Å². The van der Waals surface area contributed by atoms with Crippen molar-refractivity contribution in [2.24, 2.45) is 0 Å². The first-order chi connectivity index (χ1) is 8.11. The van der Waals surface area contributed by atoms with Gasteiger partial charge in [-0.15, -0.1) is 0 Å². The Kier molecular flexibility index (Phi) is 5.57. The Labute approximate surface area is 106 Å². The average molecular weight is 254 g/mol. The van der Waals surface area contributed by atoms with E-state index in [0.29, 0.717) is 10.8 Å². The summed E-state index contributed by atoms with van der Waals surface area (Å²) in [6, 6.07) is 7.67. The first-order valence-electron chi connectivity index (χ1n) is 5.43. The summed E-state index contributed by atoms with van der Waals surface area (Å²) in [6.45, 7) is 5.80. The van der Waals surface area contributed by atoms with E-state index in [1.807, 2.05) is 24.3 Å². The van der Waals surface area contributed by atoms with Crippen molar-refractivity contribution in [3.8, 4) is 5.75 Å². The molecule has 0 saturated carbocycles. The lowest BCUT2D eigenvalue weighted by Gasteiger charge is -2.07. The van der Waals surface area contributed by atoms with Gasteiger partial charge < -0.3 is 10.1 Å². The SMILES string of the molecule is C=C(Cl)CNC(=O)COc1ccc(CC)cc1. The molecule has 0 aliphatic carbocycles. The van der Waals surface area contributed by atoms with Crippen molar-refractivity contribution in [1.82, 2.24) is 5.32 Å². The summed E-state index contributed by atoms with van der Waals surface area (Å²) in [5.74, 6) is 0.466. The average Bonchev–Trinajstić information content (AvgIpc) is 2.34. The van der Waals surface area contributed by atoms with Crippen molar-refractivity contribution in [3.63, 3.8) is 0 Å². The van der Waals surface area contributed by atoms with E-state index < -0.39 is 0 Å². The quantitative estimate of drug-likeness (QED) is 0.846. The molecule has 92 valence electrons. The molecule has 0 radical (unpaired) electrons. The zero-order valence-corrected chi connectivity index (χ0v) is 10.6. The van der Waals surface area contributed by atoms with E-state index in [1.165, 1.54) is 5.56 Å². The van der Waals surface area contributed by atoms with Crippen LogP contribution in [0.2, 0.25) is 0 Å². The number of carbonyl (C=O) groups excluding carboxylic acids is 1. The van der Waals surface area contributed by atoms with E-state index in [2.05, 4.69) is 18.8 Å². The summed E-state index contributed by atoms with van der Waals surface area (Å²) in [5, 5.41) is 2.97. The van der Waals surface area contributed by atoms with Gasteiger partial charge in [-0.3, -0.25) is 4.79 Å². The summed E-state index contributed by atoms with van der Waals surface area (Å²) in [4.78, 5) is 11.3. The maximum absolute atomic E-state index is 11.3. The fourth-order valence-electron chi connectivity index (χ4n) is 1.22. The van der Waals surface area contributed by atoms with Gasteiger partial charge in [-0.05, 0) is 24.1 Å². The van der Waals surface area contributed by atoms with Crippen LogP contribution in [0.15, 0.2) is 35.9 Å². The molecule has 0 atom stereocenters. The number of amides is 1. The maximum Gasteiger partial charge on any atom is 0.258 e. The fraction of sp³-hybridized carbons (Fsp3) is 0.308. The Balaban J connectivity index is 2.34. The highest BCUT2D eigenvalue weighted by atomic mass is 35.5. The highest BCUT2D eigenvalue weighted by Crippen LogP contribution is 2.12. The number of aryl methyl sites for hydroxylation is 1. The number of benzene rings is 1. The molecule has 0 saturated heterocycles. The van der Waals surface area contributed by atoms with Crippen LogP contribution in [0.4, 0.5) is 0 Å². The van der Waals surface area contributed by atoms with E-state index in [1.54, 1.807) is 0 Å². The summed E-state index contributed by atoms with van der Waals surface area (Å²) in [6.07, 6.45) is 0.985. The number of hydrogen-bond donors (Lipinski definition) is 1. The first-order valence-corrected chi connectivity index (χ1v) is 5.81. The van der Waals surface area contributed by atoms with Gasteiger partial charge >= 0.3 is 0 Å². The fourth-order valence-corrected chi connectivity index (χ4v) is 1.28. The van der Waals surface area contributed by atoms with Crippen LogP contribution in [0.25, 0.3) is 0 Å². The van der Waals surface area contributed by atoms with Gasteiger partial charge in [0.25, 0.3) is 5.91 Å². The molecule has 0 fully saturated rings. The smallest absolute Gasteiger partial charge is 0.258 e. The molecule has 1 N–H and O–H groups in total. The zero-order valence-electron chi connectivity index (χ0n) is 9.83. The number of hydrogen-bond acceptors (Lipinski definition) is 2. The molecule has 0 aliphatic heterocycles. The van der Waals surface area contributed by atoms with Crippen LogP contribution in [0.3, 0.4) is 0 Å². The standard InChI is InChI=1S/C13H16ClNO2/c1-3-11-4-6-12(7-5-11)17-9-13(16)15-8-10(2)14/h4-7H,2-3,8-9H2,1H3,(H,15,16). The summed E-state index contributed by atoms with van der Waals surface area (Å²) in [7, 11) is 0. The molecular weight excluding hydrogens is 238 g/mol. The normalized spacial score (nSPS) is 9.76. The lowest BCUT2D eigenvalue weighted by molar-refractivity contribution is -0.122. The molecule has 1 amide bonds. The Bertz CT molecular complexity index is 387. The Morgan fingerprint density at radius 3 is 2.59 bits per heavy atom. The molecule has 0 aliphatic rings. The predicted octanol–water partition coefficient (Wildman–Crippen LogP) is 2.50. The number of carbonyl (C=O) groups is 1. The van der Waals surface area contributed by atoms with Crippen LogP contribution in [-0.2, 0) is 11.2 Å². The van der Waals surface area contributed by atoms with Crippen molar-refractivity contribution in [1.29, 1.82) is 0 Å². The van der Waals surface area contributed by atoms with Crippen molar-refractivity contribution >= 4 is 17.5 Å². The molecule has 1 rings (SSSR count). The van der Waals surface area contributed by atoms with Gasteiger partial charge in [0.1, 0.15) is 5.75 Å². The number of ether oxygens (including phenoxy) is 1. The summed E-state index contributed by atoms with van der Waals surface area (Å²) in [5.41, 5.74) is 1.24. The van der Waals surface area contributed by atoms with Gasteiger partial charge in [0.2, 0.25) is 0 Å². The molecule has 0 heterocycles. The minimum absolute atomic E-state index is 0.0182. The third kappa shape index (κ3) is 5.41. The molecule has 0 bridgehead atoms. The van der Waals surface area contributed by atoms with Crippen LogP contribution in [0, 0.1) is 0 Å². The Morgan fingerprint density at radius 1 is 1.41 bits per heavy atom. The molecule has 0 spiro atoms. The van der Waals surface area contributed by atoms with E-state index in [4.69, 9.17) is 16.3 Å². The van der Waals surface area contributed by atoms with E-state index in [0.717, 1.165) is 6.42 Å². The van der Waals surface area contributed by atoms with E-state index in [-0.39, 0.29) is 19.1 Å². The van der Waals surface area contributed by atoms with Gasteiger partial charge in [-0.1, -0.05) is 37.2 Å². The minimum Gasteiger partial charge on any atom is -0.484 e. The molecule has 3 nitrogen and oxygen atoms in total. The summed E-state index contributed by atoms with van der Waals surface area (Å²) < 4.78 is 5.31. The third-order valence-corrected chi connectivity index (χ3v) is 2.31. The second kappa shape index (κ2) is 6.97.